The maximum atomic E-state index is 13.0. The van der Waals surface area contributed by atoms with Gasteiger partial charge < -0.3 is 32.7 Å². The minimum atomic E-state index is -0.580. The smallest absolute Gasteiger partial charge is 0.237 e. The number of nitrogens with zero attached hydrogens (tertiary/aromatic N) is 1. The number of aliphatic imine (C=N–C) groups is 1. The molecule has 0 aliphatic carbocycles. The van der Waals surface area contributed by atoms with Gasteiger partial charge in [0.1, 0.15) is 6.42 Å². The molecule has 0 saturated carbocycles. The molecule has 0 aliphatic rings. The van der Waals surface area contributed by atoms with E-state index in [1.54, 1.807) is 0 Å². The molecule has 8 heteroatoms. The third-order valence-electron chi connectivity index (χ3n) is 6.46. The molecule has 0 aliphatic heterocycles. The standard InChI is InChI=1S/C31H43N7O/c1-2-19-34-31(36-21-18-32)35-20-8-13-29(33)30(39)38-28(16-14-24-9-4-3-5-10-24)23-37-27-17-15-25-11-6-7-12-26(25)22-27/h3-7,9-12,15,17,22,28-29,37H,1-2,8,13-14,16,18-21,23,32-33H2,(H2-,34,35,36,38,39)/p+1. The molecule has 8 nitrogen and oxygen atoms in total. The monoisotopic (exact) mass is 530 g/mol. The Morgan fingerprint density at radius 3 is 2.44 bits per heavy atom. The van der Waals surface area contributed by atoms with E-state index in [2.05, 4.69) is 75.6 Å². The predicted octanol–water partition coefficient (Wildman–Crippen LogP) is 3.19. The third kappa shape index (κ3) is 10.9. The van der Waals surface area contributed by atoms with E-state index < -0.39 is 6.04 Å². The molecule has 0 radical (unpaired) electrons. The molecule has 3 aromatic carbocycles. The van der Waals surface area contributed by atoms with Crippen molar-refractivity contribution < 1.29 is 4.79 Å². The van der Waals surface area contributed by atoms with Crippen LogP contribution in [-0.4, -0.2) is 56.7 Å². The molecule has 0 bridgehead atoms. The predicted molar refractivity (Wildman–Crippen MR) is 164 cm³/mol. The molecule has 39 heavy (non-hydrogen) atoms. The largest absolute Gasteiger partial charge is 0.383 e. The van der Waals surface area contributed by atoms with E-state index in [4.69, 9.17) is 11.5 Å². The van der Waals surface area contributed by atoms with Crippen molar-refractivity contribution in [2.24, 2.45) is 16.5 Å². The Morgan fingerprint density at radius 1 is 0.923 bits per heavy atom. The van der Waals surface area contributed by atoms with Gasteiger partial charge in [-0.2, -0.15) is 0 Å². The van der Waals surface area contributed by atoms with Crippen LogP contribution in [0.15, 0.2) is 77.8 Å². The number of hydrogen-bond donors (Lipinski definition) is 6. The summed E-state index contributed by atoms with van der Waals surface area (Å²) in [6.45, 7) is 6.90. The van der Waals surface area contributed by atoms with Crippen LogP contribution in [0.25, 0.3) is 10.8 Å². The van der Waals surface area contributed by atoms with Crippen molar-refractivity contribution in [2.45, 2.75) is 44.2 Å². The first kappa shape index (κ1) is 29.8. The lowest BCUT2D eigenvalue weighted by Gasteiger charge is -2.22. The molecule has 0 fully saturated rings. The van der Waals surface area contributed by atoms with Gasteiger partial charge in [-0.05, 0) is 54.2 Å². The number of amides is 1. The molecule has 208 valence electrons. The van der Waals surface area contributed by atoms with Gasteiger partial charge in [-0.1, -0.05) is 60.7 Å². The van der Waals surface area contributed by atoms with Gasteiger partial charge in [0, 0.05) is 37.9 Å². The van der Waals surface area contributed by atoms with Crippen molar-refractivity contribution in [1.29, 1.82) is 0 Å². The summed E-state index contributed by atoms with van der Waals surface area (Å²) in [5, 5.41) is 15.5. The zero-order valence-corrected chi connectivity index (χ0v) is 22.9. The van der Waals surface area contributed by atoms with Crippen molar-refractivity contribution in [3.63, 3.8) is 0 Å². The number of hydrogen-bond acceptors (Lipinski definition) is 5. The van der Waals surface area contributed by atoms with Crippen LogP contribution in [0.3, 0.4) is 0 Å². The quantitative estimate of drug-likeness (QED) is 0.0730. The zero-order valence-electron chi connectivity index (χ0n) is 22.9. The third-order valence-corrected chi connectivity index (χ3v) is 6.46. The molecular weight excluding hydrogens is 486 g/mol. The normalized spacial score (nSPS) is 13.0. The summed E-state index contributed by atoms with van der Waals surface area (Å²) in [7, 11) is 0. The molecular formula is C31H44N7O+. The van der Waals surface area contributed by atoms with Crippen LogP contribution >= 0.6 is 0 Å². The van der Waals surface area contributed by atoms with Crippen LogP contribution < -0.4 is 32.7 Å². The second-order valence-corrected chi connectivity index (χ2v) is 9.65. The Hall–Kier alpha value is -3.75. The Morgan fingerprint density at radius 2 is 1.67 bits per heavy atom. The number of fused-ring (bicyclic) bond motifs is 1. The van der Waals surface area contributed by atoms with Gasteiger partial charge in [-0.25, -0.2) is 4.99 Å². The van der Waals surface area contributed by atoms with E-state index in [0.29, 0.717) is 45.1 Å². The van der Waals surface area contributed by atoms with Crippen molar-refractivity contribution in [3.8, 4) is 0 Å². The van der Waals surface area contributed by atoms with Crippen LogP contribution in [0.4, 0.5) is 5.69 Å². The fourth-order valence-corrected chi connectivity index (χ4v) is 4.27. The summed E-state index contributed by atoms with van der Waals surface area (Å²) < 4.78 is 0. The highest BCUT2D eigenvalue weighted by atomic mass is 16.2. The van der Waals surface area contributed by atoms with E-state index in [9.17, 15) is 4.79 Å². The first-order valence-electron chi connectivity index (χ1n) is 13.9. The Labute approximate surface area is 233 Å². The summed E-state index contributed by atoms with van der Waals surface area (Å²) >= 11 is 0. The number of nitrogens with two attached hydrogens (primary N) is 2. The van der Waals surface area contributed by atoms with Gasteiger partial charge in [0.05, 0.1) is 19.5 Å². The van der Waals surface area contributed by atoms with Gasteiger partial charge >= 0.3 is 0 Å². The van der Waals surface area contributed by atoms with Crippen LogP contribution in [0.5, 0.6) is 0 Å². The molecule has 8 N–H and O–H groups in total. The SMILES string of the molecule is [CH2+]CCN=C(NCCN)NCCCC(N)C(=O)NC(CCc1ccccc1)CNc1ccc2ccccc2c1. The first-order chi connectivity index (χ1) is 19.1. The number of guanidine groups is 1. The minimum Gasteiger partial charge on any atom is -0.383 e. The molecule has 0 aromatic heterocycles. The molecule has 2 unspecified atom stereocenters. The average molecular weight is 531 g/mol. The van der Waals surface area contributed by atoms with Crippen molar-refractivity contribution in [1.82, 2.24) is 16.0 Å². The first-order valence-corrected chi connectivity index (χ1v) is 13.9. The summed E-state index contributed by atoms with van der Waals surface area (Å²) in [5.41, 5.74) is 14.1. The lowest BCUT2D eigenvalue weighted by molar-refractivity contribution is -0.123. The van der Waals surface area contributed by atoms with E-state index in [1.807, 2.05) is 30.3 Å². The minimum absolute atomic E-state index is 0.0600. The Bertz CT molecular complexity index is 1150. The summed E-state index contributed by atoms with van der Waals surface area (Å²) in [4.78, 5) is 17.5. The van der Waals surface area contributed by atoms with Crippen LogP contribution in [-0.2, 0) is 11.2 Å². The second-order valence-electron chi connectivity index (χ2n) is 9.65. The number of aryl methyl sites for hydroxylation is 1. The highest BCUT2D eigenvalue weighted by Gasteiger charge is 2.18. The number of anilines is 1. The van der Waals surface area contributed by atoms with Gasteiger partial charge in [0.15, 0.2) is 5.96 Å². The highest BCUT2D eigenvalue weighted by Crippen LogP contribution is 2.19. The number of rotatable bonds is 16. The maximum absolute atomic E-state index is 13.0. The van der Waals surface area contributed by atoms with E-state index in [-0.39, 0.29) is 11.9 Å². The molecule has 2 atom stereocenters. The molecule has 1 amide bonds. The van der Waals surface area contributed by atoms with E-state index in [1.165, 1.54) is 16.3 Å². The average Bonchev–Trinajstić information content (AvgIpc) is 2.97. The fraction of sp³-hybridized carbons (Fsp3) is 0.387. The number of carbonyl (C=O) groups excluding carboxylic acids is 1. The topological polar surface area (TPSA) is 130 Å². The van der Waals surface area contributed by atoms with Gasteiger partial charge in [0.2, 0.25) is 5.91 Å². The van der Waals surface area contributed by atoms with Gasteiger partial charge in [-0.3, -0.25) is 4.79 Å². The highest BCUT2D eigenvalue weighted by molar-refractivity contribution is 5.85. The van der Waals surface area contributed by atoms with E-state index >= 15 is 0 Å². The van der Waals surface area contributed by atoms with E-state index in [0.717, 1.165) is 31.4 Å². The van der Waals surface area contributed by atoms with Crippen molar-refractivity contribution in [2.75, 3.05) is 38.0 Å². The number of carbonyl (C=O) groups is 1. The number of benzene rings is 3. The molecule has 3 rings (SSSR count). The van der Waals surface area contributed by atoms with Gasteiger partial charge in [0.25, 0.3) is 0 Å². The maximum Gasteiger partial charge on any atom is 0.237 e. The lowest BCUT2D eigenvalue weighted by atomic mass is 10.0. The molecule has 0 saturated heterocycles. The fourth-order valence-electron chi connectivity index (χ4n) is 4.27. The second kappa shape index (κ2) is 17.0. The van der Waals surface area contributed by atoms with Crippen LogP contribution in [0.2, 0.25) is 0 Å². The van der Waals surface area contributed by atoms with Crippen molar-refractivity contribution >= 4 is 28.3 Å². The summed E-state index contributed by atoms with van der Waals surface area (Å²) in [6, 6.07) is 24.3. The molecule has 0 heterocycles. The Kier molecular flexibility index (Phi) is 13.0. The number of nitrogens with one attached hydrogen (secondary N) is 4. The molecule has 0 spiro atoms. The van der Waals surface area contributed by atoms with Crippen LogP contribution in [0, 0.1) is 6.92 Å². The lowest BCUT2D eigenvalue weighted by Crippen LogP contribution is -2.48. The summed E-state index contributed by atoms with van der Waals surface area (Å²) in [5.74, 6) is 0.587. The van der Waals surface area contributed by atoms with Crippen molar-refractivity contribution in [3.05, 3.63) is 85.3 Å². The zero-order chi connectivity index (χ0) is 27.7. The van der Waals surface area contributed by atoms with Crippen LogP contribution in [0.1, 0.15) is 31.2 Å². The Balaban J connectivity index is 1.52. The summed E-state index contributed by atoms with van der Waals surface area (Å²) in [6.07, 6.45) is 3.72. The van der Waals surface area contributed by atoms with Gasteiger partial charge in [-0.15, -0.1) is 0 Å². The molecule has 3 aromatic rings.